The molecule has 0 aliphatic carbocycles. The molecule has 0 aliphatic heterocycles. The molecular formula is C22H17FN4O2S2. The molecule has 0 bridgehead atoms. The second-order valence-corrected chi connectivity index (χ2v) is 8.49. The average molecular weight is 453 g/mol. The summed E-state index contributed by atoms with van der Waals surface area (Å²) in [6.45, 7) is 3.32. The maximum absolute atomic E-state index is 14.2. The number of thiazole rings is 2. The van der Waals surface area contributed by atoms with Crippen molar-refractivity contribution < 1.29 is 14.0 Å². The molecule has 4 aromatic rings. The van der Waals surface area contributed by atoms with Crippen LogP contribution in [0.2, 0.25) is 0 Å². The minimum absolute atomic E-state index is 0.128. The van der Waals surface area contributed by atoms with Crippen LogP contribution in [0.25, 0.3) is 16.3 Å². The quantitative estimate of drug-likeness (QED) is 0.404. The first-order valence-electron chi connectivity index (χ1n) is 9.28. The maximum atomic E-state index is 14.2. The van der Waals surface area contributed by atoms with Crippen molar-refractivity contribution >= 4 is 66.7 Å². The number of nitrogens with one attached hydrogen (secondary N) is 1. The molecule has 0 fully saturated rings. The number of benzene rings is 2. The zero-order valence-electron chi connectivity index (χ0n) is 16.6. The fraction of sp³-hybridized carbons (Fsp3) is 0.0909. The third-order valence-electron chi connectivity index (χ3n) is 4.37. The first kappa shape index (κ1) is 20.8. The van der Waals surface area contributed by atoms with E-state index in [1.165, 1.54) is 58.8 Å². The molecule has 0 aliphatic rings. The molecule has 0 saturated carbocycles. The molecule has 9 heteroatoms. The van der Waals surface area contributed by atoms with Crippen molar-refractivity contribution in [2.75, 3.05) is 10.2 Å². The Morgan fingerprint density at radius 2 is 1.94 bits per heavy atom. The highest BCUT2D eigenvalue weighted by atomic mass is 32.1. The summed E-state index contributed by atoms with van der Waals surface area (Å²) >= 11 is 2.59. The van der Waals surface area contributed by atoms with E-state index in [-0.39, 0.29) is 17.5 Å². The third-order valence-corrected chi connectivity index (χ3v) is 6.15. The van der Waals surface area contributed by atoms with Gasteiger partial charge < -0.3 is 0 Å². The SMILES string of the molecule is CC(=O)N(c1nc(/C=C/C(=O)Nc2nc3c(C)cccc3s2)cs1)c1ccccc1F. The van der Waals surface area contributed by atoms with Crippen LogP contribution >= 0.6 is 22.7 Å². The molecule has 0 spiro atoms. The molecule has 0 atom stereocenters. The molecule has 6 nitrogen and oxygen atoms in total. The van der Waals surface area contributed by atoms with E-state index in [0.717, 1.165) is 15.8 Å². The summed E-state index contributed by atoms with van der Waals surface area (Å²) in [7, 11) is 0. The Balaban J connectivity index is 1.49. The number of fused-ring (bicyclic) bond motifs is 1. The molecule has 2 heterocycles. The van der Waals surface area contributed by atoms with Gasteiger partial charge in [-0.25, -0.2) is 14.4 Å². The number of halogens is 1. The average Bonchev–Trinajstić information content (AvgIpc) is 3.35. The van der Waals surface area contributed by atoms with Gasteiger partial charge in [0, 0.05) is 18.4 Å². The lowest BCUT2D eigenvalue weighted by molar-refractivity contribution is -0.116. The van der Waals surface area contributed by atoms with Gasteiger partial charge in [-0.1, -0.05) is 35.6 Å². The lowest BCUT2D eigenvalue weighted by Crippen LogP contribution is -2.23. The molecule has 4 rings (SSSR count). The lowest BCUT2D eigenvalue weighted by atomic mass is 10.2. The number of para-hydroxylation sites is 2. The number of rotatable bonds is 5. The van der Waals surface area contributed by atoms with Crippen molar-refractivity contribution in [3.8, 4) is 0 Å². The van der Waals surface area contributed by atoms with Crippen molar-refractivity contribution in [1.82, 2.24) is 9.97 Å². The predicted octanol–water partition coefficient (Wildman–Crippen LogP) is 5.54. The number of hydrogen-bond acceptors (Lipinski definition) is 6. The number of nitrogens with zero attached hydrogens (tertiary/aromatic N) is 3. The second kappa shape index (κ2) is 8.75. The maximum Gasteiger partial charge on any atom is 0.250 e. The Hall–Kier alpha value is -3.43. The van der Waals surface area contributed by atoms with Gasteiger partial charge in [0.25, 0.3) is 0 Å². The summed E-state index contributed by atoms with van der Waals surface area (Å²) in [5.41, 5.74) is 2.53. The zero-order valence-corrected chi connectivity index (χ0v) is 18.3. The molecule has 2 aromatic carbocycles. The number of anilines is 3. The normalized spacial score (nSPS) is 11.2. The summed E-state index contributed by atoms with van der Waals surface area (Å²) in [4.78, 5) is 34.4. The number of carbonyl (C=O) groups is 2. The van der Waals surface area contributed by atoms with Crippen LogP contribution in [-0.4, -0.2) is 21.8 Å². The topological polar surface area (TPSA) is 75.2 Å². The van der Waals surface area contributed by atoms with E-state index in [1.807, 2.05) is 25.1 Å². The van der Waals surface area contributed by atoms with Gasteiger partial charge in [-0.2, -0.15) is 0 Å². The summed E-state index contributed by atoms with van der Waals surface area (Å²) in [6, 6.07) is 11.9. The van der Waals surface area contributed by atoms with Crippen molar-refractivity contribution in [3.63, 3.8) is 0 Å². The van der Waals surface area contributed by atoms with E-state index >= 15 is 0 Å². The van der Waals surface area contributed by atoms with Gasteiger partial charge in [-0.15, -0.1) is 11.3 Å². The van der Waals surface area contributed by atoms with Crippen LogP contribution in [0.4, 0.5) is 20.3 Å². The molecule has 0 unspecified atom stereocenters. The van der Waals surface area contributed by atoms with Gasteiger partial charge >= 0.3 is 0 Å². The zero-order chi connectivity index (χ0) is 22.0. The molecule has 31 heavy (non-hydrogen) atoms. The Kier molecular flexibility index (Phi) is 5.88. The molecule has 0 saturated heterocycles. The summed E-state index contributed by atoms with van der Waals surface area (Å²) < 4.78 is 15.2. The van der Waals surface area contributed by atoms with E-state index in [1.54, 1.807) is 17.5 Å². The smallest absolute Gasteiger partial charge is 0.250 e. The minimum atomic E-state index is -0.518. The number of aromatic nitrogens is 2. The fourth-order valence-corrected chi connectivity index (χ4v) is 4.74. The number of amides is 2. The van der Waals surface area contributed by atoms with Crippen LogP contribution in [0, 0.1) is 12.7 Å². The lowest BCUT2D eigenvalue weighted by Gasteiger charge is -2.18. The second-order valence-electron chi connectivity index (χ2n) is 6.62. The van der Waals surface area contributed by atoms with E-state index < -0.39 is 5.82 Å². The van der Waals surface area contributed by atoms with Gasteiger partial charge in [0.1, 0.15) is 5.82 Å². The first-order valence-corrected chi connectivity index (χ1v) is 11.0. The Labute approximate surface area is 185 Å². The van der Waals surface area contributed by atoms with Crippen molar-refractivity contribution in [1.29, 1.82) is 0 Å². The van der Waals surface area contributed by atoms with Crippen LogP contribution in [0.5, 0.6) is 0 Å². The first-order chi connectivity index (χ1) is 14.9. The van der Waals surface area contributed by atoms with E-state index in [0.29, 0.717) is 16.0 Å². The Morgan fingerprint density at radius 3 is 2.68 bits per heavy atom. The van der Waals surface area contributed by atoms with Crippen molar-refractivity contribution in [2.45, 2.75) is 13.8 Å². The summed E-state index contributed by atoms with van der Waals surface area (Å²) in [5.74, 6) is -1.22. The predicted molar refractivity (Wildman–Crippen MR) is 123 cm³/mol. The molecule has 2 aromatic heterocycles. The summed E-state index contributed by atoms with van der Waals surface area (Å²) in [6.07, 6.45) is 2.88. The highest BCUT2D eigenvalue weighted by molar-refractivity contribution is 7.22. The van der Waals surface area contributed by atoms with Crippen LogP contribution in [-0.2, 0) is 9.59 Å². The number of hydrogen-bond donors (Lipinski definition) is 1. The molecule has 1 N–H and O–H groups in total. The highest BCUT2D eigenvalue weighted by Gasteiger charge is 2.20. The number of carbonyl (C=O) groups excluding carboxylic acids is 2. The third kappa shape index (κ3) is 4.52. The van der Waals surface area contributed by atoms with Gasteiger partial charge in [0.2, 0.25) is 11.8 Å². The van der Waals surface area contributed by atoms with Gasteiger partial charge in [0.05, 0.1) is 21.6 Å². The van der Waals surface area contributed by atoms with Crippen molar-refractivity contribution in [2.24, 2.45) is 0 Å². The van der Waals surface area contributed by atoms with Crippen LogP contribution in [0.15, 0.2) is 53.9 Å². The fourth-order valence-electron chi connectivity index (χ4n) is 2.94. The van der Waals surface area contributed by atoms with Crippen molar-refractivity contribution in [3.05, 3.63) is 71.0 Å². The number of aryl methyl sites for hydroxylation is 1. The molecular weight excluding hydrogens is 435 g/mol. The van der Waals surface area contributed by atoms with E-state index in [2.05, 4.69) is 15.3 Å². The Morgan fingerprint density at radius 1 is 1.13 bits per heavy atom. The Bertz CT molecular complexity index is 1310. The van der Waals surface area contributed by atoms with Crippen LogP contribution < -0.4 is 10.2 Å². The van der Waals surface area contributed by atoms with Gasteiger partial charge in [0.15, 0.2) is 10.3 Å². The van der Waals surface area contributed by atoms with Crippen LogP contribution in [0.1, 0.15) is 18.2 Å². The molecule has 156 valence electrons. The largest absolute Gasteiger partial charge is 0.298 e. The minimum Gasteiger partial charge on any atom is -0.298 e. The molecule has 0 radical (unpaired) electrons. The van der Waals surface area contributed by atoms with Gasteiger partial charge in [-0.3, -0.25) is 19.8 Å². The van der Waals surface area contributed by atoms with E-state index in [9.17, 15) is 14.0 Å². The molecule has 2 amide bonds. The monoisotopic (exact) mass is 452 g/mol. The summed E-state index contributed by atoms with van der Waals surface area (Å²) in [5, 5.41) is 5.28. The van der Waals surface area contributed by atoms with Gasteiger partial charge in [-0.05, 0) is 36.8 Å². The highest BCUT2D eigenvalue weighted by Crippen LogP contribution is 2.31. The van der Waals surface area contributed by atoms with E-state index in [4.69, 9.17) is 0 Å². The standard InChI is InChI=1S/C22H17FN4O2S2/c1-13-6-5-9-18-20(13)26-21(31-18)25-19(29)11-10-15-12-30-22(24-15)27(14(2)28)17-8-4-3-7-16(17)23/h3-12H,1-2H3,(H,25,26,29)/b11-10+. The van der Waals surface area contributed by atoms with Crippen LogP contribution in [0.3, 0.4) is 0 Å².